The Morgan fingerprint density at radius 2 is 2.10 bits per heavy atom. The number of carbonyl (C=O) groups is 2. The van der Waals surface area contributed by atoms with Gasteiger partial charge < -0.3 is 19.8 Å². The number of nitrogens with zero attached hydrogens (tertiary/aromatic N) is 1. The molecule has 2 bridgehead atoms. The molecular weight excluding hydrogens is 425 g/mol. The van der Waals surface area contributed by atoms with E-state index in [2.05, 4.69) is 22.5 Å². The molecule has 9 heteroatoms. The molecule has 1 aromatic carbocycles. The molecule has 2 N–H and O–H groups in total. The second-order valence-corrected chi connectivity index (χ2v) is 9.02. The summed E-state index contributed by atoms with van der Waals surface area (Å²) in [7, 11) is 0. The number of amides is 2. The van der Waals surface area contributed by atoms with Gasteiger partial charge in [-0.25, -0.2) is 9.37 Å². The zero-order valence-electron chi connectivity index (χ0n) is 17.2. The number of carbonyl (C=O) groups excluding carboxylic acids is 2. The Morgan fingerprint density at radius 3 is 2.74 bits per heavy atom. The first kappa shape index (κ1) is 21.6. The van der Waals surface area contributed by atoms with Crippen LogP contribution in [-0.2, 0) is 16.1 Å². The quantitative estimate of drug-likeness (QED) is 0.673. The van der Waals surface area contributed by atoms with Gasteiger partial charge in [0.05, 0.1) is 22.7 Å². The Labute approximate surface area is 184 Å². The highest BCUT2D eigenvalue weighted by Crippen LogP contribution is 2.55. The predicted octanol–water partition coefficient (Wildman–Crippen LogP) is 3.62. The highest BCUT2D eigenvalue weighted by Gasteiger charge is 2.56. The topological polar surface area (TPSA) is 93.5 Å². The second kappa shape index (κ2) is 8.49. The number of rotatable bonds is 7. The van der Waals surface area contributed by atoms with Crippen molar-refractivity contribution in [2.75, 3.05) is 6.61 Å². The lowest BCUT2D eigenvalue weighted by Crippen LogP contribution is -2.63. The van der Waals surface area contributed by atoms with Crippen molar-refractivity contribution in [3.63, 3.8) is 0 Å². The lowest BCUT2D eigenvalue weighted by molar-refractivity contribution is -0.146. The van der Waals surface area contributed by atoms with E-state index in [4.69, 9.17) is 20.8 Å². The van der Waals surface area contributed by atoms with Gasteiger partial charge in [0, 0.05) is 11.6 Å². The third-order valence-electron chi connectivity index (χ3n) is 6.77. The van der Waals surface area contributed by atoms with E-state index in [1.54, 1.807) is 0 Å². The van der Waals surface area contributed by atoms with Crippen molar-refractivity contribution in [2.24, 2.45) is 11.3 Å². The van der Waals surface area contributed by atoms with Crippen LogP contribution in [0.1, 0.15) is 44.7 Å². The Balaban J connectivity index is 1.32. The normalized spacial score (nSPS) is 27.0. The third kappa shape index (κ3) is 4.39. The Bertz CT molecular complexity index is 958. The zero-order valence-corrected chi connectivity index (χ0v) is 18.0. The molecule has 3 fully saturated rings. The van der Waals surface area contributed by atoms with Crippen molar-refractivity contribution < 1.29 is 23.1 Å². The van der Waals surface area contributed by atoms with Crippen LogP contribution >= 0.6 is 11.6 Å². The van der Waals surface area contributed by atoms with Crippen LogP contribution in [0.25, 0.3) is 0 Å². The molecule has 31 heavy (non-hydrogen) atoms. The summed E-state index contributed by atoms with van der Waals surface area (Å²) in [5, 5.41) is 6.11. The molecule has 1 unspecified atom stereocenters. The molecule has 0 spiro atoms. The molecule has 1 heterocycles. The highest BCUT2D eigenvalue weighted by atomic mass is 35.5. The number of aromatic nitrogens is 1. The summed E-state index contributed by atoms with van der Waals surface area (Å²) >= 11 is 5.66. The van der Waals surface area contributed by atoms with E-state index in [0.29, 0.717) is 25.1 Å². The maximum atomic E-state index is 13.5. The van der Waals surface area contributed by atoms with Gasteiger partial charge in [-0.3, -0.25) is 9.59 Å². The summed E-state index contributed by atoms with van der Waals surface area (Å²) in [4.78, 5) is 29.6. The molecule has 1 aromatic heterocycles. The predicted molar refractivity (Wildman–Crippen MR) is 111 cm³/mol. The number of benzene rings is 1. The maximum absolute atomic E-state index is 13.5. The van der Waals surface area contributed by atoms with Crippen LogP contribution in [0.2, 0.25) is 5.02 Å². The van der Waals surface area contributed by atoms with E-state index in [1.165, 1.54) is 24.8 Å². The standard InChI is InChI=1S/C22H25ClFN3O4/c1-14-9-21(27-19(28)12-31-16-2-3-17(23)18(24)8-16)4-6-22(14,7-5-21)20(29)25-10-15-11-30-13-26-15/h2-3,8,11,13-14H,4-7,9-10,12H2,1H3,(H,25,29)(H,27,28). The summed E-state index contributed by atoms with van der Waals surface area (Å²) in [6.45, 7) is 2.21. The van der Waals surface area contributed by atoms with E-state index in [9.17, 15) is 14.0 Å². The van der Waals surface area contributed by atoms with Gasteiger partial charge in [0.2, 0.25) is 5.91 Å². The van der Waals surface area contributed by atoms with Crippen LogP contribution < -0.4 is 15.4 Å². The maximum Gasteiger partial charge on any atom is 0.258 e. The molecule has 7 nitrogen and oxygen atoms in total. The lowest BCUT2D eigenvalue weighted by atomic mass is 9.52. The van der Waals surface area contributed by atoms with Crippen molar-refractivity contribution in [1.82, 2.24) is 15.6 Å². The van der Waals surface area contributed by atoms with E-state index in [0.717, 1.165) is 25.3 Å². The molecule has 5 rings (SSSR count). The second-order valence-electron chi connectivity index (χ2n) is 8.62. The third-order valence-corrected chi connectivity index (χ3v) is 7.08. The van der Waals surface area contributed by atoms with Crippen LogP contribution in [0.5, 0.6) is 5.75 Å². The van der Waals surface area contributed by atoms with E-state index >= 15 is 0 Å². The smallest absolute Gasteiger partial charge is 0.258 e. The summed E-state index contributed by atoms with van der Waals surface area (Å²) in [6, 6.07) is 4.07. The van der Waals surface area contributed by atoms with Crippen molar-refractivity contribution >= 4 is 23.4 Å². The number of ether oxygens (including phenoxy) is 1. The fourth-order valence-corrected chi connectivity index (χ4v) is 5.12. The van der Waals surface area contributed by atoms with E-state index < -0.39 is 11.2 Å². The van der Waals surface area contributed by atoms with Crippen molar-refractivity contribution in [3.8, 4) is 5.75 Å². The first-order chi connectivity index (χ1) is 14.8. The average Bonchev–Trinajstić information content (AvgIpc) is 3.27. The minimum absolute atomic E-state index is 0.00244. The largest absolute Gasteiger partial charge is 0.484 e. The minimum Gasteiger partial charge on any atom is -0.484 e. The van der Waals surface area contributed by atoms with Crippen LogP contribution in [0.15, 0.2) is 35.3 Å². The van der Waals surface area contributed by atoms with Gasteiger partial charge in [-0.2, -0.15) is 0 Å². The summed E-state index contributed by atoms with van der Waals surface area (Å²) in [5.74, 6) is -0.440. The average molecular weight is 450 g/mol. The van der Waals surface area contributed by atoms with Crippen molar-refractivity contribution in [2.45, 2.75) is 51.1 Å². The zero-order chi connectivity index (χ0) is 22.1. The molecule has 2 aromatic rings. The molecule has 0 aliphatic heterocycles. The molecule has 3 saturated carbocycles. The van der Waals surface area contributed by atoms with E-state index in [1.807, 2.05) is 0 Å². The van der Waals surface area contributed by atoms with Crippen LogP contribution in [-0.4, -0.2) is 28.9 Å². The van der Waals surface area contributed by atoms with Crippen LogP contribution in [0.4, 0.5) is 4.39 Å². The Hall–Kier alpha value is -2.61. The summed E-state index contributed by atoms with van der Waals surface area (Å²) in [5.41, 5.74) is -0.0708. The van der Waals surface area contributed by atoms with E-state index in [-0.39, 0.29) is 40.7 Å². The van der Waals surface area contributed by atoms with Gasteiger partial charge in [-0.1, -0.05) is 18.5 Å². The van der Waals surface area contributed by atoms with Gasteiger partial charge in [0.25, 0.3) is 5.91 Å². The van der Waals surface area contributed by atoms with Crippen molar-refractivity contribution in [1.29, 1.82) is 0 Å². The monoisotopic (exact) mass is 449 g/mol. The molecule has 1 atom stereocenters. The van der Waals surface area contributed by atoms with Crippen molar-refractivity contribution in [3.05, 3.63) is 47.4 Å². The highest BCUT2D eigenvalue weighted by molar-refractivity contribution is 6.30. The number of hydrogen-bond acceptors (Lipinski definition) is 5. The van der Waals surface area contributed by atoms with Gasteiger partial charge in [0.1, 0.15) is 17.8 Å². The summed E-state index contributed by atoms with van der Waals surface area (Å²) in [6.07, 6.45) is 6.47. The first-order valence-electron chi connectivity index (χ1n) is 10.4. The van der Waals surface area contributed by atoms with Gasteiger partial charge in [-0.15, -0.1) is 0 Å². The fraction of sp³-hybridized carbons (Fsp3) is 0.500. The lowest BCUT2D eigenvalue weighted by Gasteiger charge is -2.56. The molecule has 166 valence electrons. The molecule has 0 saturated heterocycles. The summed E-state index contributed by atoms with van der Waals surface area (Å²) < 4.78 is 23.9. The minimum atomic E-state index is -0.593. The van der Waals surface area contributed by atoms with Gasteiger partial charge in [0.15, 0.2) is 13.0 Å². The Kier molecular flexibility index (Phi) is 5.92. The van der Waals surface area contributed by atoms with Gasteiger partial charge >= 0.3 is 0 Å². The molecule has 3 aliphatic rings. The number of oxazole rings is 1. The SMILES string of the molecule is CC1CC2(NC(=O)COc3ccc(Cl)c(F)c3)CCC1(C(=O)NCc1cocn1)CC2. The first-order valence-corrected chi connectivity index (χ1v) is 10.7. The Morgan fingerprint density at radius 1 is 1.32 bits per heavy atom. The number of halogens is 2. The molecular formula is C22H25ClFN3O4. The molecule has 3 aliphatic carbocycles. The number of nitrogens with one attached hydrogen (secondary N) is 2. The van der Waals surface area contributed by atoms with Crippen LogP contribution in [0, 0.1) is 17.2 Å². The van der Waals surface area contributed by atoms with Crippen LogP contribution in [0.3, 0.4) is 0 Å². The number of fused-ring (bicyclic) bond motifs is 3. The molecule has 2 amide bonds. The van der Waals surface area contributed by atoms with Gasteiger partial charge in [-0.05, 0) is 50.2 Å². The fourth-order valence-electron chi connectivity index (χ4n) is 5.00. The number of hydrogen-bond donors (Lipinski definition) is 2. The molecule has 0 radical (unpaired) electrons.